The SMILES string of the molecule is O=C1CC[C@H](C(=O)NCCNC2CCCCCC2)N1. The Kier molecular flexibility index (Phi) is 5.63. The molecule has 0 radical (unpaired) electrons. The van der Waals surface area contributed by atoms with Crippen LogP contribution in [0, 0.1) is 0 Å². The van der Waals surface area contributed by atoms with Crippen LogP contribution in [0.15, 0.2) is 0 Å². The van der Waals surface area contributed by atoms with Crippen LogP contribution in [0.4, 0.5) is 0 Å². The average Bonchev–Trinajstić information content (AvgIpc) is 2.68. The summed E-state index contributed by atoms with van der Waals surface area (Å²) < 4.78 is 0. The highest BCUT2D eigenvalue weighted by atomic mass is 16.2. The molecule has 3 N–H and O–H groups in total. The van der Waals surface area contributed by atoms with E-state index in [-0.39, 0.29) is 17.9 Å². The molecule has 0 aromatic carbocycles. The molecule has 108 valence electrons. The molecule has 5 heteroatoms. The van der Waals surface area contributed by atoms with Gasteiger partial charge in [0.1, 0.15) is 6.04 Å². The molecular formula is C14H25N3O2. The number of hydrogen-bond donors (Lipinski definition) is 3. The lowest BCUT2D eigenvalue weighted by atomic mass is 10.1. The number of nitrogens with one attached hydrogen (secondary N) is 3. The van der Waals surface area contributed by atoms with Crippen molar-refractivity contribution in [2.75, 3.05) is 13.1 Å². The van der Waals surface area contributed by atoms with Gasteiger partial charge in [0.15, 0.2) is 0 Å². The highest BCUT2D eigenvalue weighted by molar-refractivity contribution is 5.90. The Morgan fingerprint density at radius 3 is 2.47 bits per heavy atom. The van der Waals surface area contributed by atoms with Crippen LogP contribution < -0.4 is 16.0 Å². The molecule has 1 saturated heterocycles. The third kappa shape index (κ3) is 4.82. The molecule has 1 atom stereocenters. The highest BCUT2D eigenvalue weighted by Gasteiger charge is 2.26. The Hall–Kier alpha value is -1.10. The number of rotatable bonds is 5. The van der Waals surface area contributed by atoms with Crippen molar-refractivity contribution in [3.8, 4) is 0 Å². The summed E-state index contributed by atoms with van der Waals surface area (Å²) in [7, 11) is 0. The van der Waals surface area contributed by atoms with Crippen LogP contribution in [0.2, 0.25) is 0 Å². The van der Waals surface area contributed by atoms with Crippen molar-refractivity contribution in [2.24, 2.45) is 0 Å². The zero-order valence-electron chi connectivity index (χ0n) is 11.5. The van der Waals surface area contributed by atoms with Gasteiger partial charge in [-0.25, -0.2) is 0 Å². The van der Waals surface area contributed by atoms with Crippen molar-refractivity contribution in [1.29, 1.82) is 0 Å². The highest BCUT2D eigenvalue weighted by Crippen LogP contribution is 2.16. The predicted molar refractivity (Wildman–Crippen MR) is 73.7 cm³/mol. The maximum absolute atomic E-state index is 11.7. The zero-order chi connectivity index (χ0) is 13.5. The molecule has 2 aliphatic rings. The summed E-state index contributed by atoms with van der Waals surface area (Å²) >= 11 is 0. The third-order valence-corrected chi connectivity index (χ3v) is 4.02. The normalized spacial score (nSPS) is 24.8. The lowest BCUT2D eigenvalue weighted by Crippen LogP contribution is -2.44. The minimum absolute atomic E-state index is 0.0169. The summed E-state index contributed by atoms with van der Waals surface area (Å²) in [5, 5.41) is 9.08. The summed E-state index contributed by atoms with van der Waals surface area (Å²) in [6.07, 6.45) is 8.96. The summed E-state index contributed by atoms with van der Waals surface area (Å²) in [5.74, 6) is -0.0646. The van der Waals surface area contributed by atoms with Gasteiger partial charge in [-0.1, -0.05) is 25.7 Å². The van der Waals surface area contributed by atoms with Crippen molar-refractivity contribution in [1.82, 2.24) is 16.0 Å². The molecular weight excluding hydrogens is 242 g/mol. The molecule has 0 spiro atoms. The van der Waals surface area contributed by atoms with E-state index in [0.717, 1.165) is 6.54 Å². The van der Waals surface area contributed by atoms with Crippen LogP contribution in [0.3, 0.4) is 0 Å². The van der Waals surface area contributed by atoms with E-state index in [1.54, 1.807) is 0 Å². The van der Waals surface area contributed by atoms with Gasteiger partial charge in [0.05, 0.1) is 0 Å². The Balaban J connectivity index is 1.56. The van der Waals surface area contributed by atoms with E-state index < -0.39 is 0 Å². The zero-order valence-corrected chi connectivity index (χ0v) is 11.5. The first-order chi connectivity index (χ1) is 9.25. The molecule has 1 aliphatic carbocycles. The molecule has 2 fully saturated rings. The van der Waals surface area contributed by atoms with E-state index in [0.29, 0.717) is 25.4 Å². The predicted octanol–water partition coefficient (Wildman–Crippen LogP) is 0.694. The number of amides is 2. The van der Waals surface area contributed by atoms with Gasteiger partial charge >= 0.3 is 0 Å². The van der Waals surface area contributed by atoms with Crippen LogP contribution >= 0.6 is 0 Å². The molecule has 0 aromatic rings. The molecule has 1 aliphatic heterocycles. The molecule has 19 heavy (non-hydrogen) atoms. The first kappa shape index (κ1) is 14.3. The molecule has 0 aromatic heterocycles. The van der Waals surface area contributed by atoms with E-state index in [2.05, 4.69) is 16.0 Å². The van der Waals surface area contributed by atoms with Gasteiger partial charge in [0.2, 0.25) is 11.8 Å². The molecule has 0 unspecified atom stereocenters. The Morgan fingerprint density at radius 1 is 1.11 bits per heavy atom. The van der Waals surface area contributed by atoms with Crippen molar-refractivity contribution in [2.45, 2.75) is 63.5 Å². The summed E-state index contributed by atoms with van der Waals surface area (Å²) in [6.45, 7) is 1.46. The van der Waals surface area contributed by atoms with Gasteiger partial charge in [0.25, 0.3) is 0 Å². The van der Waals surface area contributed by atoms with Gasteiger partial charge in [-0.05, 0) is 19.3 Å². The van der Waals surface area contributed by atoms with Gasteiger partial charge in [-0.15, -0.1) is 0 Å². The second-order valence-electron chi connectivity index (χ2n) is 5.59. The van der Waals surface area contributed by atoms with Crippen molar-refractivity contribution in [3.05, 3.63) is 0 Å². The van der Waals surface area contributed by atoms with Gasteiger partial charge in [0, 0.05) is 25.6 Å². The second kappa shape index (κ2) is 7.48. The van der Waals surface area contributed by atoms with E-state index >= 15 is 0 Å². The molecule has 1 saturated carbocycles. The number of carbonyl (C=O) groups is 2. The average molecular weight is 267 g/mol. The topological polar surface area (TPSA) is 70.2 Å². The monoisotopic (exact) mass is 267 g/mol. The van der Waals surface area contributed by atoms with E-state index in [4.69, 9.17) is 0 Å². The van der Waals surface area contributed by atoms with Crippen LogP contribution in [0.1, 0.15) is 51.4 Å². The van der Waals surface area contributed by atoms with Crippen LogP contribution in [0.5, 0.6) is 0 Å². The minimum Gasteiger partial charge on any atom is -0.353 e. The van der Waals surface area contributed by atoms with E-state index in [9.17, 15) is 9.59 Å². The van der Waals surface area contributed by atoms with E-state index in [1.165, 1.54) is 38.5 Å². The third-order valence-electron chi connectivity index (χ3n) is 4.02. The van der Waals surface area contributed by atoms with Gasteiger partial charge in [-0.3, -0.25) is 9.59 Å². The van der Waals surface area contributed by atoms with Crippen LogP contribution in [-0.2, 0) is 9.59 Å². The number of carbonyl (C=O) groups excluding carboxylic acids is 2. The summed E-state index contributed by atoms with van der Waals surface area (Å²) in [5.41, 5.74) is 0. The van der Waals surface area contributed by atoms with Crippen molar-refractivity contribution in [3.63, 3.8) is 0 Å². The quantitative estimate of drug-likeness (QED) is 0.507. The molecule has 2 rings (SSSR count). The first-order valence-corrected chi connectivity index (χ1v) is 7.56. The summed E-state index contributed by atoms with van der Waals surface area (Å²) in [4.78, 5) is 22.8. The fourth-order valence-electron chi connectivity index (χ4n) is 2.88. The maximum atomic E-state index is 11.7. The Labute approximate surface area is 114 Å². The number of hydrogen-bond acceptors (Lipinski definition) is 3. The molecule has 5 nitrogen and oxygen atoms in total. The lowest BCUT2D eigenvalue weighted by Gasteiger charge is -2.17. The van der Waals surface area contributed by atoms with Crippen molar-refractivity contribution < 1.29 is 9.59 Å². The maximum Gasteiger partial charge on any atom is 0.242 e. The largest absolute Gasteiger partial charge is 0.353 e. The van der Waals surface area contributed by atoms with E-state index in [1.807, 2.05) is 0 Å². The van der Waals surface area contributed by atoms with Crippen LogP contribution in [0.25, 0.3) is 0 Å². The Morgan fingerprint density at radius 2 is 1.84 bits per heavy atom. The fourth-order valence-corrected chi connectivity index (χ4v) is 2.88. The Bertz CT molecular complexity index is 312. The van der Waals surface area contributed by atoms with Gasteiger partial charge < -0.3 is 16.0 Å². The summed E-state index contributed by atoms with van der Waals surface area (Å²) in [6, 6.07) is 0.302. The fraction of sp³-hybridized carbons (Fsp3) is 0.857. The molecule has 2 amide bonds. The minimum atomic E-state index is -0.314. The lowest BCUT2D eigenvalue weighted by molar-refractivity contribution is -0.125. The first-order valence-electron chi connectivity index (χ1n) is 7.56. The van der Waals surface area contributed by atoms with Gasteiger partial charge in [-0.2, -0.15) is 0 Å². The standard InChI is InChI=1S/C14H25N3O2/c18-13-8-7-12(17-13)14(19)16-10-9-15-11-5-3-1-2-4-6-11/h11-12,15H,1-10H2,(H,16,19)(H,17,18)/t12-/m1/s1. The van der Waals surface area contributed by atoms with Crippen LogP contribution in [-0.4, -0.2) is 37.0 Å². The van der Waals surface area contributed by atoms with Crippen molar-refractivity contribution >= 4 is 11.8 Å². The second-order valence-corrected chi connectivity index (χ2v) is 5.59. The smallest absolute Gasteiger partial charge is 0.242 e. The molecule has 0 bridgehead atoms. The molecule has 1 heterocycles.